The third kappa shape index (κ3) is 3.45. The van der Waals surface area contributed by atoms with Gasteiger partial charge in [-0.05, 0) is 19.8 Å². The zero-order chi connectivity index (χ0) is 18.1. The van der Waals surface area contributed by atoms with Gasteiger partial charge in [0.1, 0.15) is 0 Å². The highest BCUT2D eigenvalue weighted by Crippen LogP contribution is 2.25. The van der Waals surface area contributed by atoms with E-state index in [1.54, 1.807) is 17.4 Å². The van der Waals surface area contributed by atoms with Crippen molar-refractivity contribution in [1.29, 1.82) is 0 Å². The lowest BCUT2D eigenvalue weighted by atomic mass is 10.2. The van der Waals surface area contributed by atoms with Crippen LogP contribution >= 0.6 is 22.7 Å². The zero-order valence-corrected chi connectivity index (χ0v) is 16.6. The Hall–Kier alpha value is -2.00. The second kappa shape index (κ2) is 7.32. The van der Waals surface area contributed by atoms with Crippen LogP contribution in [0.4, 0.5) is 10.3 Å². The van der Waals surface area contributed by atoms with Gasteiger partial charge in [0.2, 0.25) is 10.1 Å². The lowest BCUT2D eigenvalue weighted by Gasteiger charge is -2.20. The molecule has 7 nitrogen and oxygen atoms in total. The number of hydrogen-bond donors (Lipinski definition) is 0. The van der Waals surface area contributed by atoms with Gasteiger partial charge in [-0.3, -0.25) is 4.79 Å². The first kappa shape index (κ1) is 17.4. The SMILES string of the molecule is CCCc1cc(=O)n2nc(N3CCCN(c4nc(C)cs4)CC3)sc2n1. The van der Waals surface area contributed by atoms with Crippen molar-refractivity contribution < 1.29 is 0 Å². The average molecular weight is 391 g/mol. The van der Waals surface area contributed by atoms with Crippen molar-refractivity contribution in [3.8, 4) is 0 Å². The van der Waals surface area contributed by atoms with E-state index in [0.717, 1.165) is 67.1 Å². The van der Waals surface area contributed by atoms with Crippen LogP contribution in [0.2, 0.25) is 0 Å². The smallest absolute Gasteiger partial charge is 0.275 e. The summed E-state index contributed by atoms with van der Waals surface area (Å²) in [6.07, 6.45) is 2.84. The number of fused-ring (bicyclic) bond motifs is 1. The second-order valence-electron chi connectivity index (χ2n) is 6.51. The Labute approximate surface area is 159 Å². The van der Waals surface area contributed by atoms with Gasteiger partial charge < -0.3 is 9.80 Å². The van der Waals surface area contributed by atoms with Crippen molar-refractivity contribution in [2.45, 2.75) is 33.1 Å². The summed E-state index contributed by atoms with van der Waals surface area (Å²) in [4.78, 5) is 26.8. The number of thiazole rings is 1. The molecule has 4 heterocycles. The maximum absolute atomic E-state index is 12.3. The fraction of sp³-hybridized carbons (Fsp3) is 0.529. The zero-order valence-electron chi connectivity index (χ0n) is 15.0. The van der Waals surface area contributed by atoms with Crippen LogP contribution in [-0.2, 0) is 6.42 Å². The maximum Gasteiger partial charge on any atom is 0.275 e. The fourth-order valence-corrected chi connectivity index (χ4v) is 4.98. The summed E-state index contributed by atoms with van der Waals surface area (Å²) in [5.74, 6) is 0. The summed E-state index contributed by atoms with van der Waals surface area (Å²) < 4.78 is 1.44. The first-order chi connectivity index (χ1) is 12.6. The van der Waals surface area contributed by atoms with Gasteiger partial charge in [0.25, 0.3) is 5.56 Å². The molecule has 0 saturated carbocycles. The van der Waals surface area contributed by atoms with Crippen molar-refractivity contribution >= 4 is 37.9 Å². The summed E-state index contributed by atoms with van der Waals surface area (Å²) in [6.45, 7) is 7.82. The van der Waals surface area contributed by atoms with Crippen LogP contribution in [0.15, 0.2) is 16.2 Å². The van der Waals surface area contributed by atoms with Crippen molar-refractivity contribution in [3.63, 3.8) is 0 Å². The molecule has 0 spiro atoms. The van der Waals surface area contributed by atoms with Crippen LogP contribution in [0.1, 0.15) is 31.2 Å². The maximum atomic E-state index is 12.3. The fourth-order valence-electron chi connectivity index (χ4n) is 3.14. The molecule has 0 radical (unpaired) electrons. The van der Waals surface area contributed by atoms with Gasteiger partial charge in [-0.25, -0.2) is 9.97 Å². The number of rotatable bonds is 4. The monoisotopic (exact) mass is 390 g/mol. The van der Waals surface area contributed by atoms with E-state index in [9.17, 15) is 4.79 Å². The second-order valence-corrected chi connectivity index (χ2v) is 8.28. The highest BCUT2D eigenvalue weighted by Gasteiger charge is 2.20. The Kier molecular flexibility index (Phi) is 4.90. The molecule has 1 saturated heterocycles. The van der Waals surface area contributed by atoms with Crippen molar-refractivity contribution in [3.05, 3.63) is 33.2 Å². The normalized spacial score (nSPS) is 15.6. The molecule has 1 aliphatic heterocycles. The molecule has 0 unspecified atom stereocenters. The molecule has 0 N–H and O–H groups in total. The number of anilines is 2. The van der Waals surface area contributed by atoms with E-state index >= 15 is 0 Å². The van der Waals surface area contributed by atoms with Gasteiger partial charge >= 0.3 is 0 Å². The molecule has 9 heteroatoms. The van der Waals surface area contributed by atoms with Gasteiger partial charge in [0, 0.05) is 43.3 Å². The Morgan fingerprint density at radius 2 is 1.88 bits per heavy atom. The first-order valence-electron chi connectivity index (χ1n) is 8.96. The number of aromatic nitrogens is 4. The summed E-state index contributed by atoms with van der Waals surface area (Å²) in [7, 11) is 0. The van der Waals surface area contributed by atoms with E-state index in [-0.39, 0.29) is 5.56 Å². The molecule has 0 amide bonds. The summed E-state index contributed by atoms with van der Waals surface area (Å²) in [5, 5.41) is 8.60. The number of hydrogen-bond acceptors (Lipinski definition) is 8. The molecule has 26 heavy (non-hydrogen) atoms. The van der Waals surface area contributed by atoms with Crippen molar-refractivity contribution in [1.82, 2.24) is 19.6 Å². The summed E-state index contributed by atoms with van der Waals surface area (Å²) in [5.41, 5.74) is 1.84. The minimum Gasteiger partial charge on any atom is -0.346 e. The first-order valence-corrected chi connectivity index (χ1v) is 10.7. The van der Waals surface area contributed by atoms with Crippen molar-refractivity contribution in [2.24, 2.45) is 0 Å². The van der Waals surface area contributed by atoms with Gasteiger partial charge in [0.05, 0.1) is 5.69 Å². The molecule has 0 bridgehead atoms. The number of aryl methyl sites for hydroxylation is 2. The molecule has 1 fully saturated rings. The van der Waals surface area contributed by atoms with Crippen LogP contribution in [-0.4, -0.2) is 45.8 Å². The minimum absolute atomic E-state index is 0.0874. The molecule has 0 aliphatic carbocycles. The highest BCUT2D eigenvalue weighted by atomic mass is 32.1. The summed E-state index contributed by atoms with van der Waals surface area (Å²) in [6, 6.07) is 1.61. The predicted octanol–water partition coefficient (Wildman–Crippen LogP) is 2.59. The van der Waals surface area contributed by atoms with Crippen LogP contribution in [0.3, 0.4) is 0 Å². The molecule has 138 valence electrons. The Balaban J connectivity index is 1.55. The predicted molar refractivity (Wildman–Crippen MR) is 107 cm³/mol. The van der Waals surface area contributed by atoms with Crippen molar-refractivity contribution in [2.75, 3.05) is 36.0 Å². The minimum atomic E-state index is -0.0874. The van der Waals surface area contributed by atoms with E-state index in [2.05, 4.69) is 37.2 Å². The van der Waals surface area contributed by atoms with Crippen LogP contribution in [0.5, 0.6) is 0 Å². The average Bonchev–Trinajstić information content (AvgIpc) is 3.15. The Morgan fingerprint density at radius 1 is 1.12 bits per heavy atom. The molecular formula is C17H22N6OS2. The Morgan fingerprint density at radius 3 is 2.58 bits per heavy atom. The van der Waals surface area contributed by atoms with Gasteiger partial charge in [-0.1, -0.05) is 24.7 Å². The largest absolute Gasteiger partial charge is 0.346 e. The molecular weight excluding hydrogens is 368 g/mol. The highest BCUT2D eigenvalue weighted by molar-refractivity contribution is 7.20. The van der Waals surface area contributed by atoms with Gasteiger partial charge in [0.15, 0.2) is 5.13 Å². The van der Waals surface area contributed by atoms with E-state index < -0.39 is 0 Å². The van der Waals surface area contributed by atoms with Crippen LogP contribution in [0, 0.1) is 6.92 Å². The molecule has 3 aromatic rings. The van der Waals surface area contributed by atoms with E-state index in [4.69, 9.17) is 0 Å². The molecule has 4 rings (SSSR count). The van der Waals surface area contributed by atoms with Crippen LogP contribution in [0.25, 0.3) is 4.96 Å². The lowest BCUT2D eigenvalue weighted by molar-refractivity contribution is 0.781. The van der Waals surface area contributed by atoms with E-state index in [0.29, 0.717) is 4.96 Å². The van der Waals surface area contributed by atoms with Gasteiger partial charge in [-0.2, -0.15) is 4.52 Å². The standard InChI is InChI=1S/C17H22N6OS2/c1-3-5-13-10-14(24)23-16(19-13)26-17(20-23)22-7-4-6-21(8-9-22)15-18-12(2)11-25-15/h10-11H,3-9H2,1-2H3. The van der Waals surface area contributed by atoms with E-state index in [1.807, 2.05) is 6.92 Å². The quantitative estimate of drug-likeness (QED) is 0.682. The molecule has 0 aromatic carbocycles. The molecule has 3 aromatic heterocycles. The topological polar surface area (TPSA) is 66.6 Å². The third-order valence-electron chi connectivity index (χ3n) is 4.44. The number of nitrogens with zero attached hydrogens (tertiary/aromatic N) is 6. The molecule has 1 aliphatic rings. The summed E-state index contributed by atoms with van der Waals surface area (Å²) >= 11 is 3.21. The third-order valence-corrected chi connectivity index (χ3v) is 6.43. The van der Waals surface area contributed by atoms with Crippen LogP contribution < -0.4 is 15.4 Å². The van der Waals surface area contributed by atoms with Gasteiger partial charge in [-0.15, -0.1) is 16.4 Å². The lowest BCUT2D eigenvalue weighted by Crippen LogP contribution is -2.30. The Bertz CT molecular complexity index is 962. The van der Waals surface area contributed by atoms with E-state index in [1.165, 1.54) is 15.9 Å². The molecule has 0 atom stereocenters.